The number of halogens is 1. The third-order valence-corrected chi connectivity index (χ3v) is 3.59. The first-order valence-electron chi connectivity index (χ1n) is 5.70. The summed E-state index contributed by atoms with van der Waals surface area (Å²) in [5.41, 5.74) is 0.784. The van der Waals surface area contributed by atoms with Crippen LogP contribution in [0.3, 0.4) is 0 Å². The molecule has 0 unspecified atom stereocenters. The molecule has 19 heavy (non-hydrogen) atoms. The molecule has 0 saturated heterocycles. The van der Waals surface area contributed by atoms with Crippen LogP contribution in [0.1, 0.15) is 12.5 Å². The number of methoxy groups -OCH3 is 1. The van der Waals surface area contributed by atoms with Crippen LogP contribution in [-0.2, 0) is 16.1 Å². The van der Waals surface area contributed by atoms with Crippen LogP contribution in [0.4, 0.5) is 5.69 Å². The van der Waals surface area contributed by atoms with E-state index in [9.17, 15) is 14.9 Å². The molecule has 0 spiro atoms. The van der Waals surface area contributed by atoms with Gasteiger partial charge in [-0.15, -0.1) is 0 Å². The maximum absolute atomic E-state index is 11.2. The quantitative estimate of drug-likeness (QED) is 0.454. The fraction of sp³-hybridized carbons (Fsp3) is 0.417. The van der Waals surface area contributed by atoms with Gasteiger partial charge in [0.05, 0.1) is 23.1 Å². The number of carbonyl (C=O) groups excluding carboxylic acids is 1. The highest BCUT2D eigenvalue weighted by Gasteiger charge is 2.17. The highest BCUT2D eigenvalue weighted by Crippen LogP contribution is 2.29. The van der Waals surface area contributed by atoms with Crippen molar-refractivity contribution in [1.29, 1.82) is 0 Å². The number of likely N-dealkylation sites (N-methyl/N-ethyl adjacent to an activating group) is 1. The Labute approximate surface area is 119 Å². The van der Waals surface area contributed by atoms with Gasteiger partial charge in [-0.2, -0.15) is 0 Å². The molecule has 0 radical (unpaired) electrons. The topological polar surface area (TPSA) is 72.7 Å². The molecule has 104 valence electrons. The Morgan fingerprint density at radius 2 is 2.21 bits per heavy atom. The molecular weight excluding hydrogens is 316 g/mol. The van der Waals surface area contributed by atoms with Gasteiger partial charge in [-0.3, -0.25) is 19.8 Å². The first-order valence-corrected chi connectivity index (χ1v) is 6.49. The molecule has 0 amide bonds. The average molecular weight is 331 g/mol. The molecule has 1 aromatic carbocycles. The van der Waals surface area contributed by atoms with Crippen LogP contribution >= 0.6 is 15.9 Å². The van der Waals surface area contributed by atoms with Crippen LogP contribution in [0, 0.1) is 10.1 Å². The Balaban J connectivity index is 2.88. The van der Waals surface area contributed by atoms with Crippen molar-refractivity contribution < 1.29 is 14.5 Å². The molecule has 0 bridgehead atoms. The van der Waals surface area contributed by atoms with Crippen molar-refractivity contribution in [2.45, 2.75) is 13.5 Å². The SMILES string of the molecule is CCN(CC(=O)OC)Cc1cccc([N+](=O)[O-])c1Br. The minimum Gasteiger partial charge on any atom is -0.468 e. The van der Waals surface area contributed by atoms with E-state index in [4.69, 9.17) is 0 Å². The molecule has 6 nitrogen and oxygen atoms in total. The summed E-state index contributed by atoms with van der Waals surface area (Å²) < 4.78 is 5.06. The summed E-state index contributed by atoms with van der Waals surface area (Å²) in [6.45, 7) is 3.15. The lowest BCUT2D eigenvalue weighted by molar-refractivity contribution is -0.385. The Morgan fingerprint density at radius 3 is 2.74 bits per heavy atom. The highest BCUT2D eigenvalue weighted by molar-refractivity contribution is 9.10. The van der Waals surface area contributed by atoms with Crippen LogP contribution in [-0.4, -0.2) is 36.0 Å². The second-order valence-electron chi connectivity index (χ2n) is 3.89. The predicted octanol–water partition coefficient (Wildman–Crippen LogP) is 2.35. The zero-order valence-corrected chi connectivity index (χ0v) is 12.3. The van der Waals surface area contributed by atoms with Gasteiger partial charge in [-0.25, -0.2) is 0 Å². The van der Waals surface area contributed by atoms with Gasteiger partial charge in [0.1, 0.15) is 0 Å². The van der Waals surface area contributed by atoms with E-state index < -0.39 is 4.92 Å². The molecule has 0 aromatic heterocycles. The molecule has 0 atom stereocenters. The molecular formula is C12H15BrN2O4. The second kappa shape index (κ2) is 7.20. The Morgan fingerprint density at radius 1 is 1.53 bits per heavy atom. The van der Waals surface area contributed by atoms with Crippen molar-refractivity contribution in [2.24, 2.45) is 0 Å². The molecule has 0 aliphatic rings. The van der Waals surface area contributed by atoms with Gasteiger partial charge >= 0.3 is 5.97 Å². The maximum atomic E-state index is 11.2. The van der Waals surface area contributed by atoms with Gasteiger partial charge in [0.2, 0.25) is 0 Å². The molecule has 0 aliphatic heterocycles. The fourth-order valence-corrected chi connectivity index (χ4v) is 2.13. The molecule has 7 heteroatoms. The summed E-state index contributed by atoms with van der Waals surface area (Å²) in [5, 5.41) is 10.8. The fourth-order valence-electron chi connectivity index (χ4n) is 1.60. The molecule has 0 fully saturated rings. The summed E-state index contributed by atoms with van der Waals surface area (Å²) in [4.78, 5) is 23.5. The van der Waals surface area contributed by atoms with E-state index in [0.29, 0.717) is 17.6 Å². The van der Waals surface area contributed by atoms with Crippen molar-refractivity contribution in [1.82, 2.24) is 4.90 Å². The largest absolute Gasteiger partial charge is 0.468 e. The number of ether oxygens (including phenoxy) is 1. The van der Waals surface area contributed by atoms with Crippen molar-refractivity contribution in [3.05, 3.63) is 38.3 Å². The third kappa shape index (κ3) is 4.29. The van der Waals surface area contributed by atoms with E-state index in [1.165, 1.54) is 13.2 Å². The molecule has 0 aliphatic carbocycles. The van der Waals surface area contributed by atoms with E-state index in [0.717, 1.165) is 5.56 Å². The predicted molar refractivity (Wildman–Crippen MR) is 73.8 cm³/mol. The summed E-state index contributed by atoms with van der Waals surface area (Å²) >= 11 is 3.24. The van der Waals surface area contributed by atoms with E-state index in [1.54, 1.807) is 12.1 Å². The van der Waals surface area contributed by atoms with Crippen LogP contribution in [0.5, 0.6) is 0 Å². The summed E-state index contributed by atoms with van der Waals surface area (Å²) in [5.74, 6) is -0.330. The Bertz CT molecular complexity index is 479. The van der Waals surface area contributed by atoms with E-state index in [1.807, 2.05) is 11.8 Å². The molecule has 1 rings (SSSR count). The zero-order valence-electron chi connectivity index (χ0n) is 10.8. The Hall–Kier alpha value is -1.47. The number of carbonyl (C=O) groups is 1. The maximum Gasteiger partial charge on any atom is 0.319 e. The molecule has 0 heterocycles. The summed E-state index contributed by atoms with van der Waals surface area (Å²) in [7, 11) is 1.33. The van der Waals surface area contributed by atoms with Crippen LogP contribution in [0.25, 0.3) is 0 Å². The molecule has 0 N–H and O–H groups in total. The van der Waals surface area contributed by atoms with Crippen LogP contribution in [0.15, 0.2) is 22.7 Å². The zero-order chi connectivity index (χ0) is 14.4. The first-order chi connectivity index (χ1) is 8.99. The highest BCUT2D eigenvalue weighted by atomic mass is 79.9. The number of hydrogen-bond donors (Lipinski definition) is 0. The number of nitrogens with zero attached hydrogens (tertiary/aromatic N) is 2. The number of benzene rings is 1. The number of hydrogen-bond acceptors (Lipinski definition) is 5. The standard InChI is InChI=1S/C12H15BrN2O4/c1-3-14(8-11(16)19-2)7-9-5-4-6-10(12(9)13)15(17)18/h4-6H,3,7-8H2,1-2H3. The second-order valence-corrected chi connectivity index (χ2v) is 4.68. The summed E-state index contributed by atoms with van der Waals surface area (Å²) in [6, 6.07) is 4.85. The monoisotopic (exact) mass is 330 g/mol. The minimum absolute atomic E-state index is 0.0200. The van der Waals surface area contributed by atoms with Crippen molar-refractivity contribution in [3.63, 3.8) is 0 Å². The van der Waals surface area contributed by atoms with E-state index in [2.05, 4.69) is 20.7 Å². The van der Waals surface area contributed by atoms with Crippen molar-refractivity contribution in [2.75, 3.05) is 20.2 Å². The van der Waals surface area contributed by atoms with Gasteiger partial charge in [-0.05, 0) is 28.0 Å². The number of nitro benzene ring substituents is 1. The van der Waals surface area contributed by atoms with Crippen molar-refractivity contribution >= 4 is 27.6 Å². The average Bonchev–Trinajstić information content (AvgIpc) is 2.39. The third-order valence-electron chi connectivity index (χ3n) is 2.68. The molecule has 1 aromatic rings. The smallest absolute Gasteiger partial charge is 0.319 e. The van der Waals surface area contributed by atoms with Gasteiger partial charge in [0.25, 0.3) is 5.69 Å². The number of nitro groups is 1. The van der Waals surface area contributed by atoms with Gasteiger partial charge in [0, 0.05) is 12.6 Å². The van der Waals surface area contributed by atoms with E-state index in [-0.39, 0.29) is 18.2 Å². The van der Waals surface area contributed by atoms with Crippen molar-refractivity contribution in [3.8, 4) is 0 Å². The van der Waals surface area contributed by atoms with Gasteiger partial charge < -0.3 is 4.74 Å². The lowest BCUT2D eigenvalue weighted by Crippen LogP contribution is -2.30. The van der Waals surface area contributed by atoms with E-state index >= 15 is 0 Å². The Kier molecular flexibility index (Phi) is 5.91. The number of rotatable bonds is 6. The van der Waals surface area contributed by atoms with Crippen LogP contribution in [0.2, 0.25) is 0 Å². The first kappa shape index (κ1) is 15.6. The minimum atomic E-state index is -0.440. The normalized spacial score (nSPS) is 10.5. The van der Waals surface area contributed by atoms with Crippen LogP contribution < -0.4 is 0 Å². The molecule has 0 saturated carbocycles. The lowest BCUT2D eigenvalue weighted by atomic mass is 10.2. The lowest BCUT2D eigenvalue weighted by Gasteiger charge is -2.19. The number of esters is 1. The van der Waals surface area contributed by atoms with Gasteiger partial charge in [0.15, 0.2) is 0 Å². The van der Waals surface area contributed by atoms with Gasteiger partial charge in [-0.1, -0.05) is 19.1 Å². The summed E-state index contributed by atoms with van der Waals surface area (Å²) in [6.07, 6.45) is 0.